The van der Waals surface area contributed by atoms with Crippen LogP contribution in [0.3, 0.4) is 0 Å². The molecule has 0 spiro atoms. The molecular formula is C20H19FN4O3S. The minimum absolute atomic E-state index is 0.0424. The third-order valence-corrected chi connectivity index (χ3v) is 6.78. The fraction of sp³-hybridized carbons (Fsp3) is 0.200. The Hall–Kier alpha value is -3.04. The lowest BCUT2D eigenvalue weighted by Gasteiger charge is -2.34. The van der Waals surface area contributed by atoms with Gasteiger partial charge in [0.15, 0.2) is 0 Å². The van der Waals surface area contributed by atoms with Crippen LogP contribution in [0.15, 0.2) is 72.0 Å². The Morgan fingerprint density at radius 3 is 2.24 bits per heavy atom. The molecule has 150 valence electrons. The molecule has 1 fully saturated rings. The van der Waals surface area contributed by atoms with Gasteiger partial charge in [0.1, 0.15) is 11.5 Å². The Labute approximate surface area is 168 Å². The van der Waals surface area contributed by atoms with Gasteiger partial charge in [-0.25, -0.2) is 17.8 Å². The van der Waals surface area contributed by atoms with E-state index in [1.807, 2.05) is 30.3 Å². The second-order valence-electron chi connectivity index (χ2n) is 6.63. The predicted molar refractivity (Wildman–Crippen MR) is 105 cm³/mol. The first-order valence-electron chi connectivity index (χ1n) is 9.09. The molecule has 2 aromatic carbocycles. The van der Waals surface area contributed by atoms with Gasteiger partial charge in [-0.1, -0.05) is 18.2 Å². The molecule has 1 amide bonds. The number of carbonyl (C=O) groups is 1. The molecule has 1 aliphatic heterocycles. The fourth-order valence-corrected chi connectivity index (χ4v) is 4.72. The number of benzene rings is 2. The van der Waals surface area contributed by atoms with Gasteiger partial charge in [0.2, 0.25) is 10.0 Å². The lowest BCUT2D eigenvalue weighted by molar-refractivity contribution is 0.0690. The lowest BCUT2D eigenvalue weighted by atomic mass is 10.3. The Morgan fingerprint density at radius 2 is 1.59 bits per heavy atom. The maximum Gasteiger partial charge on any atom is 0.272 e. The first-order chi connectivity index (χ1) is 14.0. The van der Waals surface area contributed by atoms with Gasteiger partial charge in [-0.05, 0) is 36.4 Å². The van der Waals surface area contributed by atoms with Crippen molar-refractivity contribution in [2.24, 2.45) is 0 Å². The molecule has 4 rings (SSSR count). The van der Waals surface area contributed by atoms with Gasteiger partial charge >= 0.3 is 0 Å². The summed E-state index contributed by atoms with van der Waals surface area (Å²) in [5.74, 6) is -0.695. The van der Waals surface area contributed by atoms with Gasteiger partial charge in [-0.3, -0.25) is 9.36 Å². The molecule has 29 heavy (non-hydrogen) atoms. The molecule has 1 aromatic heterocycles. The lowest BCUT2D eigenvalue weighted by Crippen LogP contribution is -2.50. The second kappa shape index (κ2) is 7.76. The van der Waals surface area contributed by atoms with E-state index in [1.54, 1.807) is 15.8 Å². The van der Waals surface area contributed by atoms with Crippen molar-refractivity contribution in [3.63, 3.8) is 0 Å². The van der Waals surface area contributed by atoms with E-state index in [4.69, 9.17) is 0 Å². The fourth-order valence-electron chi connectivity index (χ4n) is 3.30. The first-order valence-corrected chi connectivity index (χ1v) is 10.5. The number of aromatic nitrogens is 2. The Kier molecular flexibility index (Phi) is 5.16. The molecule has 9 heteroatoms. The number of imidazole rings is 1. The minimum atomic E-state index is -3.72. The van der Waals surface area contributed by atoms with E-state index in [0.717, 1.165) is 17.8 Å². The van der Waals surface area contributed by atoms with Crippen LogP contribution >= 0.6 is 0 Å². The van der Waals surface area contributed by atoms with E-state index in [2.05, 4.69) is 4.98 Å². The number of sulfonamides is 1. The van der Waals surface area contributed by atoms with Crippen LogP contribution in [0.25, 0.3) is 5.69 Å². The zero-order valence-electron chi connectivity index (χ0n) is 15.5. The standard InChI is InChI=1S/C20H19FN4O3S/c21-16-6-8-18(9-7-16)29(27,28)24-12-10-23(11-13-24)20(26)19-14-22-15-25(19)17-4-2-1-3-5-17/h1-9,14-15H,10-13H2. The average Bonchev–Trinajstić information content (AvgIpc) is 3.24. The van der Waals surface area contributed by atoms with Crippen LogP contribution in [0.1, 0.15) is 10.5 Å². The molecule has 0 unspecified atom stereocenters. The number of rotatable bonds is 4. The van der Waals surface area contributed by atoms with Crippen LogP contribution in [0.4, 0.5) is 4.39 Å². The van der Waals surface area contributed by atoms with Crippen LogP contribution in [0.2, 0.25) is 0 Å². The van der Waals surface area contributed by atoms with E-state index in [-0.39, 0.29) is 37.0 Å². The summed E-state index contributed by atoms with van der Waals surface area (Å²) in [4.78, 5) is 18.7. The topological polar surface area (TPSA) is 75.5 Å². The summed E-state index contributed by atoms with van der Waals surface area (Å²) < 4.78 is 41.6. The first kappa shape index (κ1) is 19.3. The highest BCUT2D eigenvalue weighted by Crippen LogP contribution is 2.19. The van der Waals surface area contributed by atoms with Gasteiger partial charge < -0.3 is 4.90 Å². The highest BCUT2D eigenvalue weighted by molar-refractivity contribution is 7.89. The van der Waals surface area contributed by atoms with Crippen LogP contribution in [0, 0.1) is 5.82 Å². The molecule has 1 saturated heterocycles. The van der Waals surface area contributed by atoms with Crippen molar-refractivity contribution in [2.45, 2.75) is 4.90 Å². The summed E-state index contributed by atoms with van der Waals surface area (Å²) in [5, 5.41) is 0. The molecule has 2 heterocycles. The maximum absolute atomic E-state index is 13.1. The average molecular weight is 414 g/mol. The zero-order valence-corrected chi connectivity index (χ0v) is 16.3. The van der Waals surface area contributed by atoms with E-state index in [0.29, 0.717) is 5.69 Å². The van der Waals surface area contributed by atoms with Gasteiger partial charge in [0.05, 0.1) is 17.4 Å². The highest BCUT2D eigenvalue weighted by atomic mass is 32.2. The molecule has 0 bridgehead atoms. The molecule has 7 nitrogen and oxygen atoms in total. The monoisotopic (exact) mass is 414 g/mol. The smallest absolute Gasteiger partial charge is 0.272 e. The van der Waals surface area contributed by atoms with E-state index < -0.39 is 15.8 Å². The number of carbonyl (C=O) groups excluding carboxylic acids is 1. The van der Waals surface area contributed by atoms with Gasteiger partial charge in [0.25, 0.3) is 5.91 Å². The molecule has 3 aromatic rings. The van der Waals surface area contributed by atoms with Gasteiger partial charge in [0, 0.05) is 31.9 Å². The van der Waals surface area contributed by atoms with Gasteiger partial charge in [-0.15, -0.1) is 0 Å². The number of para-hydroxylation sites is 1. The van der Waals surface area contributed by atoms with Crippen molar-refractivity contribution in [3.8, 4) is 5.69 Å². The number of amides is 1. The van der Waals surface area contributed by atoms with E-state index >= 15 is 0 Å². The SMILES string of the molecule is O=C(c1cncn1-c1ccccc1)N1CCN(S(=O)(=O)c2ccc(F)cc2)CC1. The molecule has 1 aliphatic rings. The van der Waals surface area contributed by atoms with Gasteiger partial charge in [-0.2, -0.15) is 4.31 Å². The number of hydrogen-bond donors (Lipinski definition) is 0. The van der Waals surface area contributed by atoms with Crippen molar-refractivity contribution in [3.05, 3.63) is 78.6 Å². The summed E-state index contributed by atoms with van der Waals surface area (Å²) in [7, 11) is -3.72. The largest absolute Gasteiger partial charge is 0.335 e. The second-order valence-corrected chi connectivity index (χ2v) is 8.57. The molecule has 0 N–H and O–H groups in total. The Morgan fingerprint density at radius 1 is 0.931 bits per heavy atom. The third-order valence-electron chi connectivity index (χ3n) is 4.87. The van der Waals surface area contributed by atoms with Crippen LogP contribution in [0.5, 0.6) is 0 Å². The van der Waals surface area contributed by atoms with Crippen LogP contribution in [-0.4, -0.2) is 59.3 Å². The molecular weight excluding hydrogens is 395 g/mol. The molecule has 0 aliphatic carbocycles. The van der Waals surface area contributed by atoms with E-state index in [1.165, 1.54) is 22.6 Å². The Bertz CT molecular complexity index is 1110. The number of nitrogens with zero attached hydrogens (tertiary/aromatic N) is 4. The third kappa shape index (κ3) is 3.79. The number of hydrogen-bond acceptors (Lipinski definition) is 4. The van der Waals surface area contributed by atoms with Crippen molar-refractivity contribution < 1.29 is 17.6 Å². The van der Waals surface area contributed by atoms with Crippen LogP contribution in [-0.2, 0) is 10.0 Å². The van der Waals surface area contributed by atoms with Crippen molar-refractivity contribution in [2.75, 3.05) is 26.2 Å². The van der Waals surface area contributed by atoms with E-state index in [9.17, 15) is 17.6 Å². The van der Waals surface area contributed by atoms with Crippen LogP contribution < -0.4 is 0 Å². The Balaban J connectivity index is 1.47. The molecule has 0 saturated carbocycles. The minimum Gasteiger partial charge on any atom is -0.335 e. The van der Waals surface area contributed by atoms with Crippen molar-refractivity contribution in [1.82, 2.24) is 18.8 Å². The molecule has 0 radical (unpaired) electrons. The summed E-state index contributed by atoms with van der Waals surface area (Å²) >= 11 is 0. The zero-order chi connectivity index (χ0) is 20.4. The number of halogens is 1. The number of piperazine rings is 1. The quantitative estimate of drug-likeness (QED) is 0.656. The van der Waals surface area contributed by atoms with Crippen molar-refractivity contribution in [1.29, 1.82) is 0 Å². The summed E-state index contributed by atoms with van der Waals surface area (Å²) in [6.07, 6.45) is 3.09. The summed E-state index contributed by atoms with van der Waals surface area (Å²) in [6, 6.07) is 14.2. The van der Waals surface area contributed by atoms with Crippen molar-refractivity contribution >= 4 is 15.9 Å². The highest BCUT2D eigenvalue weighted by Gasteiger charge is 2.31. The molecule has 0 atom stereocenters. The predicted octanol–water partition coefficient (Wildman–Crippen LogP) is 2.16. The normalized spacial score (nSPS) is 15.4. The summed E-state index contributed by atoms with van der Waals surface area (Å²) in [5.41, 5.74) is 1.25. The maximum atomic E-state index is 13.1. The summed E-state index contributed by atoms with van der Waals surface area (Å²) in [6.45, 7) is 0.869.